The van der Waals surface area contributed by atoms with Gasteiger partial charge in [-0.05, 0) is 30.7 Å². The van der Waals surface area contributed by atoms with Gasteiger partial charge in [-0.25, -0.2) is 4.98 Å². The SMILES string of the molecule is COc1ccc(C)c2sc(N(Cc3ccco3)C(=O)CSC(C)=O)nc12. The third-order valence-electron chi connectivity index (χ3n) is 3.74. The van der Waals surface area contributed by atoms with Gasteiger partial charge >= 0.3 is 0 Å². The number of thiazole rings is 1. The van der Waals surface area contributed by atoms with Gasteiger partial charge in [-0.2, -0.15) is 0 Å². The number of rotatable bonds is 6. The second-order valence-corrected chi connectivity index (χ2v) is 7.73. The van der Waals surface area contributed by atoms with E-state index in [0.29, 0.717) is 16.6 Å². The minimum absolute atomic E-state index is 0.0576. The molecule has 1 aromatic carbocycles. The molecule has 0 aliphatic heterocycles. The normalized spacial score (nSPS) is 10.9. The number of hydrogen-bond acceptors (Lipinski definition) is 7. The molecule has 0 saturated carbocycles. The lowest BCUT2D eigenvalue weighted by Crippen LogP contribution is -2.32. The number of thioether (sulfide) groups is 1. The number of aryl methyl sites for hydroxylation is 1. The Kier molecular flexibility index (Phi) is 5.63. The Labute approximate surface area is 159 Å². The Bertz CT molecular complexity index is 934. The minimum atomic E-state index is -0.197. The van der Waals surface area contributed by atoms with E-state index in [0.717, 1.165) is 27.5 Å². The van der Waals surface area contributed by atoms with Crippen LogP contribution in [-0.4, -0.2) is 28.9 Å². The number of benzene rings is 1. The molecule has 2 heterocycles. The number of fused-ring (bicyclic) bond motifs is 1. The highest BCUT2D eigenvalue weighted by molar-refractivity contribution is 8.14. The van der Waals surface area contributed by atoms with Gasteiger partial charge in [0.05, 0.1) is 30.4 Å². The zero-order valence-corrected chi connectivity index (χ0v) is 16.3. The lowest BCUT2D eigenvalue weighted by Gasteiger charge is -2.18. The van der Waals surface area contributed by atoms with Crippen molar-refractivity contribution in [3.8, 4) is 5.75 Å². The van der Waals surface area contributed by atoms with Gasteiger partial charge in [-0.15, -0.1) is 0 Å². The van der Waals surface area contributed by atoms with Crippen LogP contribution in [0.4, 0.5) is 5.13 Å². The van der Waals surface area contributed by atoms with Gasteiger partial charge in [0.1, 0.15) is 17.0 Å². The van der Waals surface area contributed by atoms with E-state index in [1.807, 2.05) is 19.1 Å². The quantitative estimate of drug-likeness (QED) is 0.633. The molecule has 0 atom stereocenters. The van der Waals surface area contributed by atoms with Crippen LogP contribution in [0.3, 0.4) is 0 Å². The zero-order valence-electron chi connectivity index (χ0n) is 14.6. The number of anilines is 1. The third kappa shape index (κ3) is 3.91. The average molecular weight is 390 g/mol. The van der Waals surface area contributed by atoms with Crippen molar-refractivity contribution < 1.29 is 18.7 Å². The van der Waals surface area contributed by atoms with Gasteiger partial charge in [0.15, 0.2) is 10.2 Å². The summed E-state index contributed by atoms with van der Waals surface area (Å²) in [5, 5.41) is 0.455. The molecule has 26 heavy (non-hydrogen) atoms. The van der Waals surface area contributed by atoms with Crippen LogP contribution < -0.4 is 9.64 Å². The monoisotopic (exact) mass is 390 g/mol. The molecule has 0 aliphatic rings. The Balaban J connectivity index is 2.00. The van der Waals surface area contributed by atoms with E-state index in [4.69, 9.17) is 9.15 Å². The highest BCUT2D eigenvalue weighted by atomic mass is 32.2. The fourth-order valence-corrected chi connectivity index (χ4v) is 3.99. The number of carbonyl (C=O) groups is 2. The summed E-state index contributed by atoms with van der Waals surface area (Å²) in [6.07, 6.45) is 1.56. The molecule has 2 aromatic heterocycles. The molecule has 6 nitrogen and oxygen atoms in total. The molecule has 3 rings (SSSR count). The summed E-state index contributed by atoms with van der Waals surface area (Å²) in [6.45, 7) is 3.69. The fraction of sp³-hybridized carbons (Fsp3) is 0.278. The van der Waals surface area contributed by atoms with E-state index in [-0.39, 0.29) is 23.3 Å². The summed E-state index contributed by atoms with van der Waals surface area (Å²) in [4.78, 5) is 30.2. The van der Waals surface area contributed by atoms with Crippen LogP contribution in [0.15, 0.2) is 34.9 Å². The summed E-state index contributed by atoms with van der Waals surface area (Å²) >= 11 is 2.41. The first-order valence-corrected chi connectivity index (χ1v) is 9.70. The molecule has 0 bridgehead atoms. The Morgan fingerprint density at radius 1 is 1.35 bits per heavy atom. The van der Waals surface area contributed by atoms with Crippen LogP contribution >= 0.6 is 23.1 Å². The van der Waals surface area contributed by atoms with Gasteiger partial charge in [0.2, 0.25) is 5.91 Å². The maximum atomic E-state index is 12.7. The standard InChI is InChI=1S/C18H18N2O4S2/c1-11-6-7-14(23-3)16-17(11)26-18(19-16)20(9-13-5-4-8-24-13)15(22)10-25-12(2)21/h4-8H,9-10H2,1-3H3. The van der Waals surface area contributed by atoms with Crippen molar-refractivity contribution in [3.63, 3.8) is 0 Å². The molecule has 0 fully saturated rings. The summed E-state index contributed by atoms with van der Waals surface area (Å²) in [5.41, 5.74) is 1.79. The largest absolute Gasteiger partial charge is 0.494 e. The van der Waals surface area contributed by atoms with Crippen molar-refractivity contribution in [2.75, 3.05) is 17.8 Å². The highest BCUT2D eigenvalue weighted by Gasteiger charge is 2.23. The Morgan fingerprint density at radius 2 is 2.15 bits per heavy atom. The van der Waals surface area contributed by atoms with Crippen LogP contribution in [0.1, 0.15) is 18.2 Å². The van der Waals surface area contributed by atoms with Gasteiger partial charge in [-0.1, -0.05) is 29.2 Å². The predicted octanol–water partition coefficient (Wildman–Crippen LogP) is 4.02. The van der Waals surface area contributed by atoms with Crippen molar-refractivity contribution >= 4 is 49.5 Å². The van der Waals surface area contributed by atoms with E-state index < -0.39 is 0 Å². The van der Waals surface area contributed by atoms with Crippen molar-refractivity contribution in [2.45, 2.75) is 20.4 Å². The van der Waals surface area contributed by atoms with E-state index in [9.17, 15) is 9.59 Å². The van der Waals surface area contributed by atoms with Crippen molar-refractivity contribution in [2.24, 2.45) is 0 Å². The second kappa shape index (κ2) is 7.92. The van der Waals surface area contributed by atoms with Crippen molar-refractivity contribution in [1.82, 2.24) is 4.98 Å². The summed E-state index contributed by atoms with van der Waals surface area (Å²) in [7, 11) is 1.60. The van der Waals surface area contributed by atoms with Gasteiger partial charge in [-0.3, -0.25) is 14.5 Å². The molecular weight excluding hydrogens is 372 g/mol. The number of aromatic nitrogens is 1. The maximum absolute atomic E-state index is 12.7. The molecular formula is C18H18N2O4S2. The summed E-state index contributed by atoms with van der Waals surface area (Å²) in [5.74, 6) is 1.17. The smallest absolute Gasteiger partial charge is 0.239 e. The lowest BCUT2D eigenvalue weighted by molar-refractivity contribution is -0.116. The number of hydrogen-bond donors (Lipinski definition) is 0. The zero-order chi connectivity index (χ0) is 18.7. The average Bonchev–Trinajstić information content (AvgIpc) is 3.28. The molecule has 0 N–H and O–H groups in total. The number of furan rings is 1. The Hall–Kier alpha value is -2.32. The maximum Gasteiger partial charge on any atom is 0.239 e. The van der Waals surface area contributed by atoms with Crippen LogP contribution in [-0.2, 0) is 16.1 Å². The topological polar surface area (TPSA) is 72.6 Å². The van der Waals surface area contributed by atoms with E-state index in [1.54, 1.807) is 30.4 Å². The molecule has 0 spiro atoms. The van der Waals surface area contributed by atoms with Gasteiger partial charge in [0.25, 0.3) is 0 Å². The molecule has 0 radical (unpaired) electrons. The second-order valence-electron chi connectivity index (χ2n) is 5.60. The molecule has 1 amide bonds. The third-order valence-corrected chi connectivity index (χ3v) is 5.75. The summed E-state index contributed by atoms with van der Waals surface area (Å²) in [6, 6.07) is 7.41. The van der Waals surface area contributed by atoms with E-state index in [1.165, 1.54) is 18.3 Å². The fourth-order valence-electron chi connectivity index (χ4n) is 2.44. The number of ether oxygens (including phenoxy) is 1. The summed E-state index contributed by atoms with van der Waals surface area (Å²) < 4.78 is 11.8. The molecule has 0 saturated heterocycles. The van der Waals surface area contributed by atoms with Crippen molar-refractivity contribution in [1.29, 1.82) is 0 Å². The van der Waals surface area contributed by atoms with Crippen LogP contribution in [0.2, 0.25) is 0 Å². The Morgan fingerprint density at radius 3 is 2.81 bits per heavy atom. The van der Waals surface area contributed by atoms with Gasteiger partial charge < -0.3 is 9.15 Å². The molecule has 8 heteroatoms. The van der Waals surface area contributed by atoms with Crippen molar-refractivity contribution in [3.05, 3.63) is 41.9 Å². The first kappa shape index (κ1) is 18.5. The molecule has 0 aliphatic carbocycles. The number of nitrogens with zero attached hydrogens (tertiary/aromatic N) is 2. The minimum Gasteiger partial charge on any atom is -0.494 e. The first-order valence-electron chi connectivity index (χ1n) is 7.90. The lowest BCUT2D eigenvalue weighted by atomic mass is 10.2. The van der Waals surface area contributed by atoms with Gasteiger partial charge in [0, 0.05) is 6.92 Å². The molecule has 136 valence electrons. The predicted molar refractivity (Wildman–Crippen MR) is 104 cm³/mol. The molecule has 0 unspecified atom stereocenters. The number of methoxy groups -OCH3 is 1. The number of carbonyl (C=O) groups excluding carboxylic acids is 2. The van der Waals surface area contributed by atoms with E-state index >= 15 is 0 Å². The highest BCUT2D eigenvalue weighted by Crippen LogP contribution is 2.37. The van der Waals surface area contributed by atoms with E-state index in [2.05, 4.69) is 4.98 Å². The van der Waals surface area contributed by atoms with Crippen LogP contribution in [0.5, 0.6) is 5.75 Å². The van der Waals surface area contributed by atoms with Crippen LogP contribution in [0, 0.1) is 6.92 Å². The molecule has 3 aromatic rings. The first-order chi connectivity index (χ1) is 12.5. The number of amides is 1. The van der Waals surface area contributed by atoms with Crippen LogP contribution in [0.25, 0.3) is 10.2 Å².